The summed E-state index contributed by atoms with van der Waals surface area (Å²) in [6, 6.07) is 9.89. The molecule has 0 atom stereocenters. The summed E-state index contributed by atoms with van der Waals surface area (Å²) in [7, 11) is 1.57. The third-order valence-corrected chi connectivity index (χ3v) is 4.36. The SMILES string of the molecule is COc1cc(NCCNC(=O)c2cccc(C(F)(F)F)c2)ccc1-n1cnc(C)c1. The van der Waals surface area contributed by atoms with Gasteiger partial charge in [0.05, 0.1) is 30.4 Å². The van der Waals surface area contributed by atoms with E-state index in [0.29, 0.717) is 12.3 Å². The van der Waals surface area contributed by atoms with E-state index < -0.39 is 17.6 Å². The number of alkyl halides is 3. The molecule has 0 radical (unpaired) electrons. The number of nitrogens with zero attached hydrogens (tertiary/aromatic N) is 2. The van der Waals surface area contributed by atoms with Crippen molar-refractivity contribution in [2.75, 3.05) is 25.5 Å². The molecule has 3 aromatic rings. The highest BCUT2D eigenvalue weighted by Gasteiger charge is 2.30. The first kappa shape index (κ1) is 21.2. The fourth-order valence-electron chi connectivity index (χ4n) is 2.88. The van der Waals surface area contributed by atoms with E-state index in [2.05, 4.69) is 15.6 Å². The second-order valence-electron chi connectivity index (χ2n) is 6.57. The Morgan fingerprint density at radius 1 is 1.17 bits per heavy atom. The Labute approximate surface area is 171 Å². The average Bonchev–Trinajstić information content (AvgIpc) is 3.16. The molecule has 0 spiro atoms. The van der Waals surface area contributed by atoms with Gasteiger partial charge in [-0.05, 0) is 37.3 Å². The topological polar surface area (TPSA) is 68.2 Å². The molecule has 158 valence electrons. The lowest BCUT2D eigenvalue weighted by atomic mass is 10.1. The number of ether oxygens (including phenoxy) is 1. The molecule has 0 aliphatic heterocycles. The first-order chi connectivity index (χ1) is 14.3. The summed E-state index contributed by atoms with van der Waals surface area (Å²) in [5, 5.41) is 5.75. The Morgan fingerprint density at radius 3 is 2.63 bits per heavy atom. The number of carbonyl (C=O) groups excluding carboxylic acids is 1. The third kappa shape index (κ3) is 5.11. The first-order valence-corrected chi connectivity index (χ1v) is 9.16. The number of aromatic nitrogens is 2. The number of halogens is 3. The van der Waals surface area contributed by atoms with Crippen LogP contribution in [0.25, 0.3) is 5.69 Å². The predicted molar refractivity (Wildman–Crippen MR) is 107 cm³/mol. The number of aryl methyl sites for hydroxylation is 1. The smallest absolute Gasteiger partial charge is 0.416 e. The van der Waals surface area contributed by atoms with Gasteiger partial charge in [-0.15, -0.1) is 0 Å². The maximum Gasteiger partial charge on any atom is 0.416 e. The summed E-state index contributed by atoms with van der Waals surface area (Å²) in [5.74, 6) is 0.0803. The molecule has 1 heterocycles. The van der Waals surface area contributed by atoms with Gasteiger partial charge >= 0.3 is 6.18 Å². The van der Waals surface area contributed by atoms with Gasteiger partial charge in [0.1, 0.15) is 5.75 Å². The van der Waals surface area contributed by atoms with Crippen LogP contribution in [0.4, 0.5) is 18.9 Å². The van der Waals surface area contributed by atoms with E-state index in [0.717, 1.165) is 29.2 Å². The molecule has 0 saturated carbocycles. The molecule has 0 bridgehead atoms. The minimum absolute atomic E-state index is 0.0357. The number of rotatable bonds is 7. The number of hydrogen-bond donors (Lipinski definition) is 2. The molecule has 9 heteroatoms. The summed E-state index contributed by atoms with van der Waals surface area (Å²) in [6.45, 7) is 2.52. The molecule has 30 heavy (non-hydrogen) atoms. The number of hydrogen-bond acceptors (Lipinski definition) is 4. The molecule has 6 nitrogen and oxygen atoms in total. The number of carbonyl (C=O) groups is 1. The molecule has 1 aromatic heterocycles. The van der Waals surface area contributed by atoms with E-state index in [-0.39, 0.29) is 12.1 Å². The van der Waals surface area contributed by atoms with Crippen LogP contribution in [0.2, 0.25) is 0 Å². The number of amides is 1. The average molecular weight is 418 g/mol. The largest absolute Gasteiger partial charge is 0.494 e. The summed E-state index contributed by atoms with van der Waals surface area (Å²) in [6.07, 6.45) is -0.906. The zero-order valence-electron chi connectivity index (χ0n) is 16.5. The van der Waals surface area contributed by atoms with Crippen LogP contribution in [-0.2, 0) is 6.18 Å². The van der Waals surface area contributed by atoms with Gasteiger partial charge in [0.25, 0.3) is 5.91 Å². The monoisotopic (exact) mass is 418 g/mol. The maximum absolute atomic E-state index is 12.8. The van der Waals surface area contributed by atoms with Crippen molar-refractivity contribution in [2.24, 2.45) is 0 Å². The van der Waals surface area contributed by atoms with Crippen LogP contribution in [0.5, 0.6) is 5.75 Å². The minimum atomic E-state index is -4.49. The van der Waals surface area contributed by atoms with E-state index in [1.165, 1.54) is 12.1 Å². The molecular formula is C21H21F3N4O2. The summed E-state index contributed by atoms with van der Waals surface area (Å²) in [4.78, 5) is 16.3. The lowest BCUT2D eigenvalue weighted by Gasteiger charge is -2.13. The van der Waals surface area contributed by atoms with E-state index in [9.17, 15) is 18.0 Å². The molecule has 0 saturated heterocycles. The van der Waals surface area contributed by atoms with Crippen LogP contribution >= 0.6 is 0 Å². The summed E-state index contributed by atoms with van der Waals surface area (Å²) in [5.41, 5.74) is 1.61. The third-order valence-electron chi connectivity index (χ3n) is 4.36. The number of benzene rings is 2. The van der Waals surface area contributed by atoms with Crippen molar-refractivity contribution in [2.45, 2.75) is 13.1 Å². The van der Waals surface area contributed by atoms with Crippen LogP contribution in [0.1, 0.15) is 21.6 Å². The van der Waals surface area contributed by atoms with Crippen molar-refractivity contribution in [1.82, 2.24) is 14.9 Å². The van der Waals surface area contributed by atoms with Crippen molar-refractivity contribution in [3.05, 3.63) is 71.8 Å². The maximum atomic E-state index is 12.8. The van der Waals surface area contributed by atoms with Crippen molar-refractivity contribution < 1.29 is 22.7 Å². The van der Waals surface area contributed by atoms with Crippen molar-refractivity contribution in [3.63, 3.8) is 0 Å². The van der Waals surface area contributed by atoms with Crippen LogP contribution in [0.3, 0.4) is 0 Å². The Morgan fingerprint density at radius 2 is 1.97 bits per heavy atom. The van der Waals surface area contributed by atoms with Gasteiger partial charge in [-0.1, -0.05) is 6.07 Å². The highest BCUT2D eigenvalue weighted by Crippen LogP contribution is 2.29. The van der Waals surface area contributed by atoms with Gasteiger partial charge in [0, 0.05) is 36.6 Å². The highest BCUT2D eigenvalue weighted by atomic mass is 19.4. The molecule has 0 unspecified atom stereocenters. The van der Waals surface area contributed by atoms with E-state index in [4.69, 9.17) is 4.74 Å². The van der Waals surface area contributed by atoms with Gasteiger partial charge in [-0.25, -0.2) is 4.98 Å². The number of imidazole rings is 1. The van der Waals surface area contributed by atoms with E-state index >= 15 is 0 Å². The zero-order valence-corrected chi connectivity index (χ0v) is 16.5. The molecule has 3 rings (SSSR count). The van der Waals surface area contributed by atoms with Crippen molar-refractivity contribution in [3.8, 4) is 11.4 Å². The molecule has 2 N–H and O–H groups in total. The standard InChI is InChI=1S/C21H21F3N4O2/c1-14-12-28(13-27-14)18-7-6-17(11-19(18)30-2)25-8-9-26-20(29)15-4-3-5-16(10-15)21(22,23)24/h3-7,10-13,25H,8-9H2,1-2H3,(H,26,29). The molecule has 0 aliphatic rings. The quantitative estimate of drug-likeness (QED) is 0.568. The second kappa shape index (κ2) is 8.89. The fraction of sp³-hybridized carbons (Fsp3) is 0.238. The predicted octanol–water partition coefficient (Wildman–Crippen LogP) is 4.05. The normalized spacial score (nSPS) is 11.2. The zero-order chi connectivity index (χ0) is 21.7. The molecule has 0 fully saturated rings. The summed E-state index contributed by atoms with van der Waals surface area (Å²) >= 11 is 0. The van der Waals surface area contributed by atoms with Crippen LogP contribution in [0.15, 0.2) is 55.0 Å². The Hall–Kier alpha value is -3.49. The molecule has 0 aliphatic carbocycles. The van der Waals surface area contributed by atoms with Gasteiger partial charge in [0.15, 0.2) is 0 Å². The second-order valence-corrected chi connectivity index (χ2v) is 6.57. The van der Waals surface area contributed by atoms with Gasteiger partial charge in [-0.2, -0.15) is 13.2 Å². The molecular weight excluding hydrogens is 397 g/mol. The number of methoxy groups -OCH3 is 1. The first-order valence-electron chi connectivity index (χ1n) is 9.16. The lowest BCUT2D eigenvalue weighted by molar-refractivity contribution is -0.137. The van der Waals surface area contributed by atoms with Crippen LogP contribution < -0.4 is 15.4 Å². The van der Waals surface area contributed by atoms with Crippen LogP contribution in [0, 0.1) is 6.92 Å². The van der Waals surface area contributed by atoms with Gasteiger partial charge in [-0.3, -0.25) is 4.79 Å². The highest BCUT2D eigenvalue weighted by molar-refractivity contribution is 5.94. The summed E-state index contributed by atoms with van der Waals surface area (Å²) < 4.78 is 45.6. The van der Waals surface area contributed by atoms with E-state index in [1.54, 1.807) is 13.4 Å². The Balaban J connectivity index is 1.56. The van der Waals surface area contributed by atoms with Crippen LogP contribution in [-0.4, -0.2) is 35.7 Å². The van der Waals surface area contributed by atoms with Gasteiger partial charge < -0.3 is 19.9 Å². The lowest BCUT2D eigenvalue weighted by Crippen LogP contribution is -2.29. The Bertz CT molecular complexity index is 1030. The number of anilines is 1. The molecule has 2 aromatic carbocycles. The number of nitrogens with one attached hydrogen (secondary N) is 2. The van der Waals surface area contributed by atoms with Crippen molar-refractivity contribution in [1.29, 1.82) is 0 Å². The van der Waals surface area contributed by atoms with Gasteiger partial charge in [0.2, 0.25) is 0 Å². The minimum Gasteiger partial charge on any atom is -0.494 e. The molecule has 1 amide bonds. The van der Waals surface area contributed by atoms with E-state index in [1.807, 2.05) is 35.9 Å². The van der Waals surface area contributed by atoms with Crippen molar-refractivity contribution >= 4 is 11.6 Å². The Kier molecular flexibility index (Phi) is 6.29. The fourth-order valence-corrected chi connectivity index (χ4v) is 2.88.